The molecule has 0 saturated carbocycles. The van der Waals surface area contributed by atoms with Gasteiger partial charge in [0, 0.05) is 12.7 Å². The van der Waals surface area contributed by atoms with E-state index in [1.165, 1.54) is 11.3 Å². The SMILES string of the molecule is CN(C(=S)NNC(=O)c1ccc(Cl)s1)c1ccccc1. The van der Waals surface area contributed by atoms with E-state index in [1.54, 1.807) is 17.0 Å². The maximum absolute atomic E-state index is 11.8. The van der Waals surface area contributed by atoms with Crippen molar-refractivity contribution >= 4 is 51.9 Å². The minimum absolute atomic E-state index is 0.272. The molecule has 0 radical (unpaired) electrons. The molecule has 2 N–H and O–H groups in total. The normalized spacial score (nSPS) is 9.90. The van der Waals surface area contributed by atoms with Gasteiger partial charge in [0.15, 0.2) is 5.11 Å². The van der Waals surface area contributed by atoms with Crippen molar-refractivity contribution in [1.82, 2.24) is 10.9 Å². The number of nitrogens with zero attached hydrogens (tertiary/aromatic N) is 1. The summed E-state index contributed by atoms with van der Waals surface area (Å²) in [5.41, 5.74) is 6.18. The standard InChI is InChI=1S/C13H12ClN3OS2/c1-17(9-5-3-2-4-6-9)13(19)16-15-12(18)10-7-8-11(14)20-10/h2-8H,1H3,(H,15,18)(H,16,19). The number of carbonyl (C=O) groups is 1. The smallest absolute Gasteiger partial charge is 0.279 e. The lowest BCUT2D eigenvalue weighted by atomic mass is 10.3. The van der Waals surface area contributed by atoms with Crippen LogP contribution in [0.2, 0.25) is 4.34 Å². The van der Waals surface area contributed by atoms with Crippen LogP contribution in [0.4, 0.5) is 5.69 Å². The van der Waals surface area contributed by atoms with Gasteiger partial charge in [0.05, 0.1) is 9.21 Å². The van der Waals surface area contributed by atoms with Crippen molar-refractivity contribution in [3.63, 3.8) is 0 Å². The van der Waals surface area contributed by atoms with Gasteiger partial charge in [-0.05, 0) is 36.5 Å². The second kappa shape index (κ2) is 6.69. The van der Waals surface area contributed by atoms with Gasteiger partial charge in [0.1, 0.15) is 0 Å². The summed E-state index contributed by atoms with van der Waals surface area (Å²) in [4.78, 5) is 14.1. The molecule has 20 heavy (non-hydrogen) atoms. The summed E-state index contributed by atoms with van der Waals surface area (Å²) in [5.74, 6) is -0.272. The maximum Gasteiger partial charge on any atom is 0.279 e. The average molecular weight is 326 g/mol. The molecule has 0 unspecified atom stereocenters. The van der Waals surface area contributed by atoms with Crippen LogP contribution in [-0.4, -0.2) is 18.1 Å². The molecular formula is C13H12ClN3OS2. The molecule has 2 rings (SSSR count). The molecule has 2 aromatic rings. The fourth-order valence-electron chi connectivity index (χ4n) is 1.46. The van der Waals surface area contributed by atoms with E-state index >= 15 is 0 Å². The number of rotatable bonds is 2. The molecule has 1 aromatic heterocycles. The van der Waals surface area contributed by atoms with Crippen LogP contribution < -0.4 is 15.8 Å². The first kappa shape index (κ1) is 14.8. The minimum Gasteiger partial charge on any atom is -0.321 e. The van der Waals surface area contributed by atoms with E-state index in [9.17, 15) is 4.79 Å². The van der Waals surface area contributed by atoms with E-state index in [1.807, 2.05) is 37.4 Å². The van der Waals surface area contributed by atoms with Crippen LogP contribution in [0.5, 0.6) is 0 Å². The highest BCUT2D eigenvalue weighted by Gasteiger charge is 2.10. The highest BCUT2D eigenvalue weighted by molar-refractivity contribution is 7.80. The number of para-hydroxylation sites is 1. The van der Waals surface area contributed by atoms with Crippen LogP contribution in [0, 0.1) is 0 Å². The minimum atomic E-state index is -0.272. The van der Waals surface area contributed by atoms with Crippen molar-refractivity contribution < 1.29 is 4.79 Å². The van der Waals surface area contributed by atoms with Crippen molar-refractivity contribution in [2.45, 2.75) is 0 Å². The molecular weight excluding hydrogens is 314 g/mol. The van der Waals surface area contributed by atoms with Crippen LogP contribution in [0.3, 0.4) is 0 Å². The fraction of sp³-hybridized carbons (Fsp3) is 0.0769. The first-order valence-corrected chi connectivity index (χ1v) is 7.32. The Morgan fingerprint density at radius 2 is 1.90 bits per heavy atom. The lowest BCUT2D eigenvalue weighted by Crippen LogP contribution is -2.47. The highest BCUT2D eigenvalue weighted by Crippen LogP contribution is 2.20. The van der Waals surface area contributed by atoms with Gasteiger partial charge < -0.3 is 4.90 Å². The Morgan fingerprint density at radius 1 is 1.20 bits per heavy atom. The third-order valence-corrected chi connectivity index (χ3v) is 4.13. The Kier molecular flexibility index (Phi) is 4.94. The zero-order valence-electron chi connectivity index (χ0n) is 10.6. The molecule has 1 amide bonds. The second-order valence-corrected chi connectivity index (χ2v) is 5.98. The van der Waals surface area contributed by atoms with Crippen LogP contribution in [0.15, 0.2) is 42.5 Å². The number of thiocarbonyl (C=S) groups is 1. The summed E-state index contributed by atoms with van der Waals surface area (Å²) in [6.45, 7) is 0. The van der Waals surface area contributed by atoms with Crippen molar-refractivity contribution in [2.24, 2.45) is 0 Å². The van der Waals surface area contributed by atoms with Crippen molar-refractivity contribution in [2.75, 3.05) is 11.9 Å². The number of thiophene rings is 1. The van der Waals surface area contributed by atoms with Crippen LogP contribution in [0.1, 0.15) is 9.67 Å². The molecule has 0 aliphatic heterocycles. The summed E-state index contributed by atoms with van der Waals surface area (Å²) in [5, 5.41) is 0.396. The van der Waals surface area contributed by atoms with Gasteiger partial charge in [0.2, 0.25) is 0 Å². The molecule has 0 bridgehead atoms. The summed E-state index contributed by atoms with van der Waals surface area (Å²) in [6, 6.07) is 12.9. The summed E-state index contributed by atoms with van der Waals surface area (Å²) in [6.07, 6.45) is 0. The molecule has 7 heteroatoms. The number of hydrogen-bond acceptors (Lipinski definition) is 3. The molecule has 0 aliphatic carbocycles. The topological polar surface area (TPSA) is 44.4 Å². The Hall–Kier alpha value is -1.63. The number of hydrogen-bond donors (Lipinski definition) is 2. The van der Waals surface area contributed by atoms with E-state index in [0.717, 1.165) is 5.69 Å². The Labute approximate surface area is 131 Å². The highest BCUT2D eigenvalue weighted by atomic mass is 35.5. The molecule has 0 spiro atoms. The number of carbonyl (C=O) groups excluding carboxylic acids is 1. The van der Waals surface area contributed by atoms with Crippen molar-refractivity contribution in [1.29, 1.82) is 0 Å². The molecule has 0 aliphatic rings. The van der Waals surface area contributed by atoms with Crippen molar-refractivity contribution in [3.05, 3.63) is 51.7 Å². The van der Waals surface area contributed by atoms with Crippen LogP contribution in [-0.2, 0) is 0 Å². The van der Waals surface area contributed by atoms with Gasteiger partial charge in [-0.25, -0.2) is 0 Å². The lowest BCUT2D eigenvalue weighted by Gasteiger charge is -2.21. The first-order chi connectivity index (χ1) is 9.58. The average Bonchev–Trinajstić information content (AvgIpc) is 2.91. The zero-order valence-corrected chi connectivity index (χ0v) is 13.0. The molecule has 0 saturated heterocycles. The van der Waals surface area contributed by atoms with Gasteiger partial charge in [-0.3, -0.25) is 15.6 Å². The molecule has 1 aromatic carbocycles. The number of amides is 1. The predicted molar refractivity (Wildman–Crippen MR) is 87.4 cm³/mol. The maximum atomic E-state index is 11.8. The van der Waals surface area contributed by atoms with Crippen molar-refractivity contribution in [3.8, 4) is 0 Å². The monoisotopic (exact) mass is 325 g/mol. The summed E-state index contributed by atoms with van der Waals surface area (Å²) < 4.78 is 0.569. The fourth-order valence-corrected chi connectivity index (χ4v) is 2.56. The third kappa shape index (κ3) is 3.69. The zero-order chi connectivity index (χ0) is 14.5. The first-order valence-electron chi connectivity index (χ1n) is 5.72. The van der Waals surface area contributed by atoms with E-state index in [-0.39, 0.29) is 5.91 Å². The Bertz CT molecular complexity index is 615. The summed E-state index contributed by atoms with van der Waals surface area (Å²) in [7, 11) is 1.82. The number of anilines is 1. The van der Waals surface area contributed by atoms with E-state index in [2.05, 4.69) is 10.9 Å². The lowest BCUT2D eigenvalue weighted by molar-refractivity contribution is 0.0948. The predicted octanol–water partition coefficient (Wildman–Crippen LogP) is 3.06. The second-order valence-electron chi connectivity index (χ2n) is 3.88. The van der Waals surface area contributed by atoms with Gasteiger partial charge in [-0.1, -0.05) is 29.8 Å². The quantitative estimate of drug-likeness (QED) is 0.658. The number of halogens is 1. The Morgan fingerprint density at radius 3 is 2.50 bits per heavy atom. The van der Waals surface area contributed by atoms with E-state index in [4.69, 9.17) is 23.8 Å². The molecule has 0 fully saturated rings. The van der Waals surface area contributed by atoms with Gasteiger partial charge >= 0.3 is 0 Å². The van der Waals surface area contributed by atoms with Gasteiger partial charge in [-0.2, -0.15) is 0 Å². The third-order valence-electron chi connectivity index (χ3n) is 2.53. The van der Waals surface area contributed by atoms with Gasteiger partial charge in [-0.15, -0.1) is 11.3 Å². The van der Waals surface area contributed by atoms with Crippen LogP contribution in [0.25, 0.3) is 0 Å². The Balaban J connectivity index is 1.91. The molecule has 1 heterocycles. The summed E-state index contributed by atoms with van der Waals surface area (Å²) >= 11 is 12.2. The van der Waals surface area contributed by atoms with E-state index in [0.29, 0.717) is 14.3 Å². The van der Waals surface area contributed by atoms with E-state index < -0.39 is 0 Å². The molecule has 0 atom stereocenters. The number of benzene rings is 1. The van der Waals surface area contributed by atoms with Crippen LogP contribution >= 0.6 is 35.2 Å². The van der Waals surface area contributed by atoms with Gasteiger partial charge in [0.25, 0.3) is 5.91 Å². The molecule has 4 nitrogen and oxygen atoms in total. The largest absolute Gasteiger partial charge is 0.321 e. The number of hydrazine groups is 1. The number of nitrogens with one attached hydrogen (secondary N) is 2. The molecule has 104 valence electrons.